The van der Waals surface area contributed by atoms with Crippen molar-refractivity contribution in [2.24, 2.45) is 15.9 Å². The smallest absolute Gasteiger partial charge is 0.179 e. The summed E-state index contributed by atoms with van der Waals surface area (Å²) < 4.78 is 4.94. The third-order valence-electron chi connectivity index (χ3n) is 12.2. The summed E-state index contributed by atoms with van der Waals surface area (Å²) in [6, 6.07) is 75.7. The van der Waals surface area contributed by atoms with Gasteiger partial charge in [0.1, 0.15) is 0 Å². The number of benzene rings is 10. The minimum Gasteiger partial charge on any atom is -0.321 e. The summed E-state index contributed by atoms with van der Waals surface area (Å²) in [5.41, 5.74) is 10.6. The molecule has 0 saturated heterocycles. The monoisotopic (exact) mass is 779 g/mol. The van der Waals surface area contributed by atoms with Gasteiger partial charge < -0.3 is 15.0 Å². The molecular formula is C56H37N5. The Balaban J connectivity index is 1.08. The topological polar surface area (TPSA) is 60.6 Å². The zero-order valence-corrected chi connectivity index (χ0v) is 33.1. The Labute approximate surface area is 351 Å². The molecule has 2 heterocycles. The highest BCUT2D eigenvalue weighted by Crippen LogP contribution is 2.43. The van der Waals surface area contributed by atoms with Gasteiger partial charge in [0.25, 0.3) is 0 Å². The van der Waals surface area contributed by atoms with Crippen molar-refractivity contribution in [1.29, 1.82) is 0 Å². The van der Waals surface area contributed by atoms with Gasteiger partial charge in [-0.2, -0.15) is 5.10 Å². The van der Waals surface area contributed by atoms with Crippen molar-refractivity contribution >= 4 is 87.5 Å². The van der Waals surface area contributed by atoms with Crippen LogP contribution in [-0.2, 0) is 0 Å². The van der Waals surface area contributed by atoms with Gasteiger partial charge in [-0.15, -0.1) is 0 Å². The molecule has 12 aromatic rings. The van der Waals surface area contributed by atoms with E-state index < -0.39 is 0 Å². The summed E-state index contributed by atoms with van der Waals surface area (Å²) in [5.74, 6) is 6.43. The number of aromatic nitrogens is 2. The van der Waals surface area contributed by atoms with E-state index in [-0.39, 0.29) is 0 Å². The van der Waals surface area contributed by atoms with Gasteiger partial charge in [0, 0.05) is 54.7 Å². The van der Waals surface area contributed by atoms with Gasteiger partial charge in [0.05, 0.1) is 33.5 Å². The predicted octanol–water partition coefficient (Wildman–Crippen LogP) is 13.5. The molecule has 0 unspecified atom stereocenters. The molecule has 0 aliphatic carbocycles. The summed E-state index contributed by atoms with van der Waals surface area (Å²) in [6.45, 7) is 0. The Hall–Kier alpha value is -8.28. The minimum atomic E-state index is 0.475. The molecule has 0 atom stereocenters. The lowest BCUT2D eigenvalue weighted by Crippen LogP contribution is -2.10. The fourth-order valence-corrected chi connectivity index (χ4v) is 9.44. The average Bonchev–Trinajstić information content (AvgIpc) is 3.83. The summed E-state index contributed by atoms with van der Waals surface area (Å²) >= 11 is 0. The molecule has 10 aromatic carbocycles. The molecular weight excluding hydrogens is 743 g/mol. The van der Waals surface area contributed by atoms with Gasteiger partial charge in [0.2, 0.25) is 0 Å². The molecule has 0 aliphatic rings. The highest BCUT2D eigenvalue weighted by Gasteiger charge is 2.21. The number of para-hydroxylation sites is 1. The number of rotatable bonds is 5. The maximum atomic E-state index is 5.95. The van der Waals surface area contributed by atoms with E-state index in [9.17, 15) is 0 Å². The van der Waals surface area contributed by atoms with Crippen LogP contribution >= 0.6 is 0 Å². The molecule has 2 N–H and O–H groups in total. The first-order chi connectivity index (χ1) is 30.2. The number of aliphatic imine (C=N–C) groups is 1. The maximum absolute atomic E-state index is 5.95. The van der Waals surface area contributed by atoms with Gasteiger partial charge in [-0.1, -0.05) is 170 Å². The second kappa shape index (κ2) is 13.9. The molecule has 0 amide bonds. The quantitative estimate of drug-likeness (QED) is 0.0804. The SMILES string of the molecule is N/N=C(\N=C(c1ccccc1)c1ccc2cc(-n3c4ccccc4c4cc5c6ccc7ccccc7c6n(-c6cccc7ccccc67)c5cc43)ccc2c1)c1ccccc1. The number of amidine groups is 1. The van der Waals surface area contributed by atoms with Crippen molar-refractivity contribution < 1.29 is 0 Å². The van der Waals surface area contributed by atoms with E-state index >= 15 is 0 Å². The first-order valence-corrected chi connectivity index (χ1v) is 20.6. The Kier molecular flexibility index (Phi) is 7.93. The van der Waals surface area contributed by atoms with E-state index in [0.29, 0.717) is 5.84 Å². The van der Waals surface area contributed by atoms with Crippen LogP contribution < -0.4 is 5.84 Å². The van der Waals surface area contributed by atoms with E-state index in [0.717, 1.165) is 44.4 Å². The van der Waals surface area contributed by atoms with Crippen LogP contribution in [0.5, 0.6) is 0 Å². The lowest BCUT2D eigenvalue weighted by Gasteiger charge is -2.14. The van der Waals surface area contributed by atoms with Crippen LogP contribution in [0.15, 0.2) is 222 Å². The minimum absolute atomic E-state index is 0.475. The first-order valence-electron chi connectivity index (χ1n) is 20.6. The second-order valence-electron chi connectivity index (χ2n) is 15.6. The Morgan fingerprint density at radius 1 is 0.361 bits per heavy atom. The van der Waals surface area contributed by atoms with Crippen molar-refractivity contribution in [1.82, 2.24) is 9.13 Å². The molecule has 0 spiro atoms. The van der Waals surface area contributed by atoms with Gasteiger partial charge in [-0.25, -0.2) is 4.99 Å². The zero-order chi connectivity index (χ0) is 40.4. The largest absolute Gasteiger partial charge is 0.321 e. The summed E-state index contributed by atoms with van der Waals surface area (Å²) in [7, 11) is 0. The lowest BCUT2D eigenvalue weighted by molar-refractivity contribution is 1.18. The Morgan fingerprint density at radius 3 is 1.77 bits per heavy atom. The van der Waals surface area contributed by atoms with Crippen LogP contribution in [0.4, 0.5) is 0 Å². The fraction of sp³-hybridized carbons (Fsp3) is 0. The lowest BCUT2D eigenvalue weighted by atomic mass is 9.98. The van der Waals surface area contributed by atoms with Crippen molar-refractivity contribution in [3.63, 3.8) is 0 Å². The van der Waals surface area contributed by atoms with E-state index in [1.807, 2.05) is 48.5 Å². The van der Waals surface area contributed by atoms with Crippen molar-refractivity contribution in [2.75, 3.05) is 0 Å². The number of nitrogens with zero attached hydrogens (tertiary/aromatic N) is 4. The Bertz CT molecular complexity index is 3760. The van der Waals surface area contributed by atoms with Crippen molar-refractivity contribution in [2.45, 2.75) is 0 Å². The molecule has 61 heavy (non-hydrogen) atoms. The highest BCUT2D eigenvalue weighted by atomic mass is 15.2. The predicted molar refractivity (Wildman–Crippen MR) is 257 cm³/mol. The molecule has 0 aliphatic heterocycles. The second-order valence-corrected chi connectivity index (χ2v) is 15.6. The summed E-state index contributed by atoms with van der Waals surface area (Å²) in [4.78, 5) is 5.08. The molecule has 5 heteroatoms. The van der Waals surface area contributed by atoms with Crippen LogP contribution in [0.2, 0.25) is 0 Å². The number of fused-ring (bicyclic) bond motifs is 10. The van der Waals surface area contributed by atoms with Crippen LogP contribution in [0, 0.1) is 0 Å². The Morgan fingerprint density at radius 2 is 0.967 bits per heavy atom. The van der Waals surface area contributed by atoms with Gasteiger partial charge in [0.15, 0.2) is 5.84 Å². The van der Waals surface area contributed by atoms with Crippen molar-refractivity contribution in [3.05, 3.63) is 229 Å². The third-order valence-corrected chi connectivity index (χ3v) is 12.2. The third kappa shape index (κ3) is 5.55. The summed E-state index contributed by atoms with van der Waals surface area (Å²) in [5, 5.41) is 16.2. The highest BCUT2D eigenvalue weighted by molar-refractivity contribution is 6.24. The van der Waals surface area contributed by atoms with E-state index in [2.05, 4.69) is 178 Å². The molecule has 2 aromatic heterocycles. The summed E-state index contributed by atoms with van der Waals surface area (Å²) in [6.07, 6.45) is 0. The maximum Gasteiger partial charge on any atom is 0.179 e. The molecule has 0 radical (unpaired) electrons. The molecule has 0 bridgehead atoms. The molecule has 0 fully saturated rings. The van der Waals surface area contributed by atoms with Gasteiger partial charge in [-0.3, -0.25) is 0 Å². The van der Waals surface area contributed by atoms with Crippen LogP contribution in [0.25, 0.3) is 87.3 Å². The van der Waals surface area contributed by atoms with Gasteiger partial charge >= 0.3 is 0 Å². The average molecular weight is 780 g/mol. The molecule has 5 nitrogen and oxygen atoms in total. The molecule has 0 saturated carbocycles. The van der Waals surface area contributed by atoms with Crippen LogP contribution in [-0.4, -0.2) is 20.7 Å². The molecule has 286 valence electrons. The van der Waals surface area contributed by atoms with E-state index in [1.54, 1.807) is 0 Å². The van der Waals surface area contributed by atoms with E-state index in [4.69, 9.17) is 10.8 Å². The number of hydrogen-bond acceptors (Lipinski definition) is 2. The standard InChI is InChI=1S/C56H37N5/c57-59-56(39-18-5-2-6-19-39)58-54(38-16-3-1-4-17-38)42-27-26-41-33-43(30-28-40(41)32-42)60-51-24-12-11-23-46(51)48-34-49-47-31-29-37-15-8-10-22-45(37)55(47)61(53(49)35-52(48)60)50-25-13-20-36-14-7-9-21-44(36)50/h1-35H,57H2/b58-54?,59-56-. The van der Waals surface area contributed by atoms with Gasteiger partial charge in [-0.05, 0) is 64.0 Å². The fourth-order valence-electron chi connectivity index (χ4n) is 9.44. The van der Waals surface area contributed by atoms with Crippen molar-refractivity contribution in [3.8, 4) is 11.4 Å². The van der Waals surface area contributed by atoms with Crippen LogP contribution in [0.3, 0.4) is 0 Å². The molecule has 12 rings (SSSR count). The zero-order valence-electron chi connectivity index (χ0n) is 33.1. The normalized spacial score (nSPS) is 12.5. The van der Waals surface area contributed by atoms with E-state index in [1.165, 1.54) is 65.3 Å². The number of nitrogens with two attached hydrogens (primary N) is 1. The number of hydrazone groups is 1. The number of hydrogen-bond donors (Lipinski definition) is 1. The van der Waals surface area contributed by atoms with Crippen LogP contribution in [0.1, 0.15) is 16.7 Å². The first kappa shape index (κ1) is 34.7.